The zero-order chi connectivity index (χ0) is 21.7. The van der Waals surface area contributed by atoms with Crippen molar-refractivity contribution < 1.29 is 9.90 Å². The Labute approximate surface area is 178 Å². The zero-order valence-electron chi connectivity index (χ0n) is 18.0. The summed E-state index contributed by atoms with van der Waals surface area (Å²) in [5.74, 6) is -0.218. The minimum atomic E-state index is -0.655. The van der Waals surface area contributed by atoms with E-state index in [0.717, 1.165) is 28.2 Å². The number of carbonyl (C=O) groups excluding carboxylic acids is 1. The fourth-order valence-corrected chi connectivity index (χ4v) is 3.52. The van der Waals surface area contributed by atoms with Gasteiger partial charge >= 0.3 is 0 Å². The molecule has 3 aromatic rings. The highest BCUT2D eigenvalue weighted by atomic mass is 16.3. The Hall–Kier alpha value is -3.18. The Morgan fingerprint density at radius 3 is 2.50 bits per heavy atom. The predicted molar refractivity (Wildman–Crippen MR) is 121 cm³/mol. The molecule has 2 aromatic carbocycles. The van der Waals surface area contributed by atoms with Crippen LogP contribution in [0.3, 0.4) is 0 Å². The first-order chi connectivity index (χ1) is 14.4. The lowest BCUT2D eigenvalue weighted by molar-refractivity contribution is -0.121. The normalized spacial score (nSPS) is 12.3. The Bertz CT molecular complexity index is 1050. The fourth-order valence-electron chi connectivity index (χ4n) is 3.52. The molecule has 30 heavy (non-hydrogen) atoms. The van der Waals surface area contributed by atoms with Gasteiger partial charge in [-0.2, -0.15) is 5.10 Å². The van der Waals surface area contributed by atoms with Gasteiger partial charge in [0, 0.05) is 29.1 Å². The van der Waals surface area contributed by atoms with Crippen LogP contribution in [0.25, 0.3) is 5.69 Å². The first kappa shape index (κ1) is 21.5. The van der Waals surface area contributed by atoms with Crippen molar-refractivity contribution in [3.05, 3.63) is 88.2 Å². The van der Waals surface area contributed by atoms with Crippen molar-refractivity contribution in [2.75, 3.05) is 0 Å². The van der Waals surface area contributed by atoms with Crippen molar-refractivity contribution >= 4 is 12.1 Å². The standard InChI is InChI=1S/C25H29N3O2/c1-17-10-11-23(14-18(17)2)28-19(3)15-22(20(28)4)16-26-27-25(30)13-12-24(29)21-8-6-5-7-9-21/h5-11,14-16,24,29H,12-13H2,1-4H3,(H,27,30)/b26-16-/t24-/m0/s1. The molecule has 0 saturated heterocycles. The average Bonchev–Trinajstić information content (AvgIpc) is 3.02. The van der Waals surface area contributed by atoms with Crippen LogP contribution in [0.4, 0.5) is 0 Å². The van der Waals surface area contributed by atoms with Crippen molar-refractivity contribution in [1.29, 1.82) is 0 Å². The Morgan fingerprint density at radius 2 is 1.80 bits per heavy atom. The Kier molecular flexibility index (Phi) is 6.85. The van der Waals surface area contributed by atoms with Crippen LogP contribution >= 0.6 is 0 Å². The molecule has 1 aromatic heterocycles. The van der Waals surface area contributed by atoms with Gasteiger partial charge in [-0.25, -0.2) is 5.43 Å². The summed E-state index contributed by atoms with van der Waals surface area (Å²) in [5.41, 5.74) is 10.1. The lowest BCUT2D eigenvalue weighted by Gasteiger charge is -2.11. The summed E-state index contributed by atoms with van der Waals surface area (Å²) < 4.78 is 2.19. The van der Waals surface area contributed by atoms with Gasteiger partial charge in [0.1, 0.15) is 0 Å². The highest BCUT2D eigenvalue weighted by Gasteiger charge is 2.11. The van der Waals surface area contributed by atoms with E-state index in [1.165, 1.54) is 11.1 Å². The van der Waals surface area contributed by atoms with Gasteiger partial charge < -0.3 is 9.67 Å². The number of nitrogens with zero attached hydrogens (tertiary/aromatic N) is 2. The summed E-state index contributed by atoms with van der Waals surface area (Å²) in [7, 11) is 0. The lowest BCUT2D eigenvalue weighted by Crippen LogP contribution is -2.18. The highest BCUT2D eigenvalue weighted by Crippen LogP contribution is 2.22. The topological polar surface area (TPSA) is 66.6 Å². The third kappa shape index (κ3) is 5.05. The van der Waals surface area contributed by atoms with Crippen molar-refractivity contribution in [3.63, 3.8) is 0 Å². The van der Waals surface area contributed by atoms with Gasteiger partial charge in [0.15, 0.2) is 0 Å². The molecule has 1 heterocycles. The summed E-state index contributed by atoms with van der Waals surface area (Å²) in [6, 6.07) is 17.8. The van der Waals surface area contributed by atoms with Gasteiger partial charge in [0.2, 0.25) is 5.91 Å². The molecular formula is C25H29N3O2. The van der Waals surface area contributed by atoms with Crippen LogP contribution < -0.4 is 5.43 Å². The maximum atomic E-state index is 12.1. The molecule has 0 bridgehead atoms. The number of hydrogen-bond acceptors (Lipinski definition) is 3. The van der Waals surface area contributed by atoms with Gasteiger partial charge in [-0.3, -0.25) is 4.79 Å². The van der Waals surface area contributed by atoms with Gasteiger partial charge in [0.05, 0.1) is 12.3 Å². The number of nitrogens with one attached hydrogen (secondary N) is 1. The van der Waals surface area contributed by atoms with Gasteiger partial charge in [-0.15, -0.1) is 0 Å². The molecule has 0 unspecified atom stereocenters. The summed E-state index contributed by atoms with van der Waals surface area (Å²) in [5, 5.41) is 14.3. The molecule has 156 valence electrons. The third-order valence-corrected chi connectivity index (χ3v) is 5.44. The van der Waals surface area contributed by atoms with Crippen LogP contribution in [0.1, 0.15) is 52.6 Å². The number of hydrogen-bond donors (Lipinski definition) is 2. The number of aliphatic hydroxyl groups excluding tert-OH is 1. The van der Waals surface area contributed by atoms with Crippen molar-refractivity contribution in [1.82, 2.24) is 9.99 Å². The van der Waals surface area contributed by atoms with E-state index in [9.17, 15) is 9.90 Å². The second-order valence-electron chi connectivity index (χ2n) is 7.69. The van der Waals surface area contributed by atoms with Crippen LogP contribution in [0.15, 0.2) is 59.7 Å². The van der Waals surface area contributed by atoms with Crippen LogP contribution in [0.5, 0.6) is 0 Å². The van der Waals surface area contributed by atoms with Crippen molar-refractivity contribution in [2.45, 2.75) is 46.6 Å². The molecule has 0 saturated carbocycles. The number of benzene rings is 2. The molecule has 0 fully saturated rings. The Morgan fingerprint density at radius 1 is 1.07 bits per heavy atom. The van der Waals surface area contributed by atoms with E-state index in [4.69, 9.17) is 0 Å². The van der Waals surface area contributed by atoms with E-state index in [1.807, 2.05) is 37.3 Å². The lowest BCUT2D eigenvalue weighted by atomic mass is 10.1. The third-order valence-electron chi connectivity index (χ3n) is 5.44. The fraction of sp³-hybridized carbons (Fsp3) is 0.280. The van der Waals surface area contributed by atoms with Gasteiger partial charge in [0.25, 0.3) is 0 Å². The molecule has 1 amide bonds. The first-order valence-electron chi connectivity index (χ1n) is 10.2. The summed E-state index contributed by atoms with van der Waals surface area (Å²) >= 11 is 0. The average molecular weight is 404 g/mol. The van der Waals surface area contributed by atoms with Gasteiger partial charge in [-0.1, -0.05) is 36.4 Å². The van der Waals surface area contributed by atoms with E-state index < -0.39 is 6.10 Å². The molecule has 0 spiro atoms. The summed E-state index contributed by atoms with van der Waals surface area (Å²) in [4.78, 5) is 12.1. The minimum Gasteiger partial charge on any atom is -0.388 e. The highest BCUT2D eigenvalue weighted by molar-refractivity contribution is 5.84. The quantitative estimate of drug-likeness (QED) is 0.444. The minimum absolute atomic E-state index is 0.203. The SMILES string of the molecule is Cc1ccc(-n2c(C)cc(/C=N\NC(=O)CC[C@H](O)c3ccccc3)c2C)cc1C. The first-order valence-corrected chi connectivity index (χ1v) is 10.2. The van der Waals surface area contributed by atoms with E-state index in [-0.39, 0.29) is 12.3 Å². The maximum Gasteiger partial charge on any atom is 0.240 e. The molecular weight excluding hydrogens is 374 g/mol. The van der Waals surface area contributed by atoms with E-state index >= 15 is 0 Å². The summed E-state index contributed by atoms with van der Waals surface area (Å²) in [6.45, 7) is 8.32. The van der Waals surface area contributed by atoms with Crippen LogP contribution in [0.2, 0.25) is 0 Å². The largest absolute Gasteiger partial charge is 0.388 e. The number of aliphatic hydroxyl groups is 1. The number of hydrazone groups is 1. The zero-order valence-corrected chi connectivity index (χ0v) is 18.0. The number of rotatable bonds is 7. The molecule has 5 nitrogen and oxygen atoms in total. The van der Waals surface area contributed by atoms with Gasteiger partial charge in [-0.05, 0) is 69.0 Å². The molecule has 5 heteroatoms. The van der Waals surface area contributed by atoms with E-state index in [0.29, 0.717) is 6.42 Å². The number of carbonyl (C=O) groups is 1. The van der Waals surface area contributed by atoms with E-state index in [1.54, 1.807) is 6.21 Å². The molecule has 0 aliphatic heterocycles. The smallest absolute Gasteiger partial charge is 0.240 e. The van der Waals surface area contributed by atoms with Crippen LogP contribution in [-0.4, -0.2) is 21.8 Å². The molecule has 2 N–H and O–H groups in total. The number of aromatic nitrogens is 1. The van der Waals surface area contributed by atoms with Crippen LogP contribution in [0, 0.1) is 27.7 Å². The van der Waals surface area contributed by atoms with Crippen LogP contribution in [-0.2, 0) is 4.79 Å². The Balaban J connectivity index is 1.61. The molecule has 1 atom stereocenters. The second kappa shape index (κ2) is 9.55. The number of aryl methyl sites for hydroxylation is 3. The number of amides is 1. The maximum absolute atomic E-state index is 12.1. The molecule has 0 aliphatic carbocycles. The predicted octanol–water partition coefficient (Wildman–Crippen LogP) is 4.67. The molecule has 0 aliphatic rings. The summed E-state index contributed by atoms with van der Waals surface area (Å²) in [6.07, 6.45) is 1.57. The van der Waals surface area contributed by atoms with E-state index in [2.05, 4.69) is 60.1 Å². The molecule has 0 radical (unpaired) electrons. The van der Waals surface area contributed by atoms with Crippen molar-refractivity contribution in [2.24, 2.45) is 5.10 Å². The molecule has 3 rings (SSSR count). The van der Waals surface area contributed by atoms with Crippen molar-refractivity contribution in [3.8, 4) is 5.69 Å². The second-order valence-corrected chi connectivity index (χ2v) is 7.69. The monoisotopic (exact) mass is 403 g/mol.